The Kier molecular flexibility index (Phi) is 5.82. The largest absolute Gasteiger partial charge is 0.368 e. The third-order valence-electron chi connectivity index (χ3n) is 4.61. The Hall–Kier alpha value is -2.37. The molecule has 0 aromatic heterocycles. The van der Waals surface area contributed by atoms with Crippen LogP contribution in [-0.2, 0) is 20.8 Å². The maximum Gasteiger partial charge on any atom is 0.242 e. The van der Waals surface area contributed by atoms with Crippen molar-refractivity contribution in [3.63, 3.8) is 0 Å². The molecule has 3 amide bonds. The van der Waals surface area contributed by atoms with E-state index in [4.69, 9.17) is 5.73 Å². The summed E-state index contributed by atoms with van der Waals surface area (Å²) in [4.78, 5) is 37.7. The fourth-order valence-electron chi connectivity index (χ4n) is 2.83. The van der Waals surface area contributed by atoms with Crippen LogP contribution >= 0.6 is 0 Å². The van der Waals surface area contributed by atoms with Crippen molar-refractivity contribution in [3.8, 4) is 0 Å². The monoisotopic (exact) mass is 345 g/mol. The summed E-state index contributed by atoms with van der Waals surface area (Å²) in [6, 6.07) is 7.91. The van der Waals surface area contributed by atoms with Gasteiger partial charge in [-0.2, -0.15) is 0 Å². The molecule has 0 radical (unpaired) electrons. The van der Waals surface area contributed by atoms with E-state index in [2.05, 4.69) is 12.2 Å². The number of carbonyl (C=O) groups excluding carboxylic acids is 3. The summed E-state index contributed by atoms with van der Waals surface area (Å²) in [5.41, 5.74) is 6.20. The summed E-state index contributed by atoms with van der Waals surface area (Å²) in [6.07, 6.45) is 3.45. The number of unbranched alkanes of at least 4 members (excludes halogenated alkanes) is 1. The summed E-state index contributed by atoms with van der Waals surface area (Å²) in [6.45, 7) is 5.57. The van der Waals surface area contributed by atoms with Gasteiger partial charge in [0, 0.05) is 18.7 Å². The van der Waals surface area contributed by atoms with Gasteiger partial charge in [-0.3, -0.25) is 14.4 Å². The molecule has 0 saturated carbocycles. The molecule has 1 aliphatic rings. The molecule has 6 nitrogen and oxygen atoms in total. The number of amides is 3. The summed E-state index contributed by atoms with van der Waals surface area (Å²) in [7, 11) is 0. The minimum atomic E-state index is -1.13. The van der Waals surface area contributed by atoms with Crippen LogP contribution in [-0.4, -0.2) is 29.8 Å². The van der Waals surface area contributed by atoms with Crippen LogP contribution in [0.1, 0.15) is 45.6 Å². The first-order valence-electron chi connectivity index (χ1n) is 8.76. The van der Waals surface area contributed by atoms with Gasteiger partial charge in [0.25, 0.3) is 0 Å². The van der Waals surface area contributed by atoms with Crippen molar-refractivity contribution in [2.24, 2.45) is 11.7 Å². The zero-order valence-electron chi connectivity index (χ0n) is 15.2. The Bertz CT molecular complexity index is 652. The van der Waals surface area contributed by atoms with Gasteiger partial charge in [0.15, 0.2) is 0 Å². The molecular formula is C19H27N3O3. The van der Waals surface area contributed by atoms with Gasteiger partial charge in [0.05, 0.1) is 5.92 Å². The fourth-order valence-corrected chi connectivity index (χ4v) is 2.83. The zero-order chi connectivity index (χ0) is 18.6. The number of rotatable bonds is 7. The minimum Gasteiger partial charge on any atom is -0.368 e. The second kappa shape index (κ2) is 7.68. The van der Waals surface area contributed by atoms with Gasteiger partial charge in [-0.25, -0.2) is 0 Å². The van der Waals surface area contributed by atoms with E-state index in [1.165, 1.54) is 5.56 Å². The van der Waals surface area contributed by atoms with Crippen LogP contribution in [0.5, 0.6) is 0 Å². The van der Waals surface area contributed by atoms with Gasteiger partial charge in [-0.05, 0) is 44.4 Å². The van der Waals surface area contributed by atoms with Crippen molar-refractivity contribution in [3.05, 3.63) is 29.8 Å². The number of primary amides is 1. The zero-order valence-corrected chi connectivity index (χ0v) is 15.2. The number of nitrogens with two attached hydrogens (primary N) is 1. The van der Waals surface area contributed by atoms with Crippen LogP contribution in [0.4, 0.5) is 5.69 Å². The smallest absolute Gasteiger partial charge is 0.242 e. The Morgan fingerprint density at radius 3 is 2.48 bits per heavy atom. The van der Waals surface area contributed by atoms with Crippen LogP contribution in [0, 0.1) is 5.92 Å². The average Bonchev–Trinajstić information content (AvgIpc) is 2.95. The predicted octanol–water partition coefficient (Wildman–Crippen LogP) is 1.76. The lowest BCUT2D eigenvalue weighted by molar-refractivity contribution is -0.132. The Labute approximate surface area is 148 Å². The summed E-state index contributed by atoms with van der Waals surface area (Å²) < 4.78 is 0. The minimum absolute atomic E-state index is 0.0849. The molecule has 0 bridgehead atoms. The molecule has 1 fully saturated rings. The SMILES string of the molecule is CCCCc1ccc(N2C[C@@H](C(=O)NC(C)(C)C(N)=O)CC2=O)cc1. The van der Waals surface area contributed by atoms with E-state index in [1.807, 2.05) is 24.3 Å². The van der Waals surface area contributed by atoms with Crippen LogP contribution in [0.25, 0.3) is 0 Å². The van der Waals surface area contributed by atoms with Gasteiger partial charge in [-0.15, -0.1) is 0 Å². The highest BCUT2D eigenvalue weighted by molar-refractivity contribution is 6.01. The standard InChI is InChI=1S/C19H27N3O3/c1-4-5-6-13-7-9-15(10-8-13)22-12-14(11-16(22)23)17(24)21-19(2,3)18(20)25/h7-10,14H,4-6,11-12H2,1-3H3,(H2,20,25)(H,21,24)/t14-/m0/s1. The van der Waals surface area contributed by atoms with Gasteiger partial charge in [-0.1, -0.05) is 25.5 Å². The molecular weight excluding hydrogens is 318 g/mol. The van der Waals surface area contributed by atoms with Crippen molar-refractivity contribution in [2.45, 2.75) is 52.0 Å². The van der Waals surface area contributed by atoms with Crippen molar-refractivity contribution in [2.75, 3.05) is 11.4 Å². The van der Waals surface area contributed by atoms with Crippen molar-refractivity contribution in [1.29, 1.82) is 0 Å². The Morgan fingerprint density at radius 1 is 1.28 bits per heavy atom. The summed E-state index contributed by atoms with van der Waals surface area (Å²) in [5, 5.41) is 2.63. The lowest BCUT2D eigenvalue weighted by atomic mass is 10.0. The molecule has 136 valence electrons. The summed E-state index contributed by atoms with van der Waals surface area (Å²) >= 11 is 0. The number of carbonyl (C=O) groups is 3. The molecule has 1 aliphatic heterocycles. The second-order valence-electron chi connectivity index (χ2n) is 7.15. The van der Waals surface area contributed by atoms with E-state index >= 15 is 0 Å². The number of nitrogens with one attached hydrogen (secondary N) is 1. The lowest BCUT2D eigenvalue weighted by Gasteiger charge is -2.24. The van der Waals surface area contributed by atoms with E-state index in [1.54, 1.807) is 18.7 Å². The van der Waals surface area contributed by atoms with Gasteiger partial charge in [0.1, 0.15) is 5.54 Å². The number of anilines is 1. The highest BCUT2D eigenvalue weighted by atomic mass is 16.2. The number of aryl methyl sites for hydroxylation is 1. The predicted molar refractivity (Wildman–Crippen MR) is 96.9 cm³/mol. The highest BCUT2D eigenvalue weighted by Crippen LogP contribution is 2.26. The Morgan fingerprint density at radius 2 is 1.92 bits per heavy atom. The highest BCUT2D eigenvalue weighted by Gasteiger charge is 2.38. The molecule has 25 heavy (non-hydrogen) atoms. The number of benzene rings is 1. The van der Waals surface area contributed by atoms with E-state index in [-0.39, 0.29) is 18.2 Å². The molecule has 0 spiro atoms. The molecule has 3 N–H and O–H groups in total. The van der Waals surface area contributed by atoms with E-state index in [0.717, 1.165) is 24.9 Å². The van der Waals surface area contributed by atoms with Crippen molar-refractivity contribution >= 4 is 23.4 Å². The third-order valence-corrected chi connectivity index (χ3v) is 4.61. The number of hydrogen-bond acceptors (Lipinski definition) is 3. The maximum atomic E-state index is 12.4. The molecule has 1 aromatic carbocycles. The molecule has 1 heterocycles. The quantitative estimate of drug-likeness (QED) is 0.789. The molecule has 0 aliphatic carbocycles. The molecule has 1 saturated heterocycles. The molecule has 2 rings (SSSR count). The van der Waals surface area contributed by atoms with E-state index < -0.39 is 17.4 Å². The normalized spacial score (nSPS) is 17.6. The van der Waals surface area contributed by atoms with Crippen molar-refractivity contribution < 1.29 is 14.4 Å². The van der Waals surface area contributed by atoms with Crippen LogP contribution in [0.3, 0.4) is 0 Å². The molecule has 1 aromatic rings. The molecule has 1 atom stereocenters. The maximum absolute atomic E-state index is 12.4. The molecule has 0 unspecified atom stereocenters. The van der Waals surface area contributed by atoms with E-state index in [0.29, 0.717) is 6.54 Å². The van der Waals surface area contributed by atoms with Crippen LogP contribution in [0.15, 0.2) is 24.3 Å². The number of nitrogens with zero attached hydrogens (tertiary/aromatic N) is 1. The fraction of sp³-hybridized carbons (Fsp3) is 0.526. The van der Waals surface area contributed by atoms with Gasteiger partial charge >= 0.3 is 0 Å². The topological polar surface area (TPSA) is 92.5 Å². The van der Waals surface area contributed by atoms with E-state index in [9.17, 15) is 14.4 Å². The first kappa shape index (κ1) is 19.0. The Balaban J connectivity index is 2.02. The van der Waals surface area contributed by atoms with Gasteiger partial charge < -0.3 is 16.0 Å². The van der Waals surface area contributed by atoms with Crippen LogP contribution in [0.2, 0.25) is 0 Å². The third kappa shape index (κ3) is 4.59. The van der Waals surface area contributed by atoms with Crippen molar-refractivity contribution in [1.82, 2.24) is 5.32 Å². The van der Waals surface area contributed by atoms with Gasteiger partial charge in [0.2, 0.25) is 17.7 Å². The summed E-state index contributed by atoms with van der Waals surface area (Å²) in [5.74, 6) is -1.49. The number of hydrogen-bond donors (Lipinski definition) is 2. The molecule has 6 heteroatoms. The van der Waals surface area contributed by atoms with Crippen LogP contribution < -0.4 is 16.0 Å². The second-order valence-corrected chi connectivity index (χ2v) is 7.15. The lowest BCUT2D eigenvalue weighted by Crippen LogP contribution is -2.54. The average molecular weight is 345 g/mol. The first-order valence-corrected chi connectivity index (χ1v) is 8.76. The first-order chi connectivity index (χ1) is 11.7.